The second kappa shape index (κ2) is 12.4. The van der Waals surface area contributed by atoms with E-state index in [-0.39, 0.29) is 23.6 Å². The topological polar surface area (TPSA) is 84.6 Å². The fourth-order valence-electron chi connectivity index (χ4n) is 5.09. The lowest BCUT2D eigenvalue weighted by atomic mass is 10.1. The summed E-state index contributed by atoms with van der Waals surface area (Å²) in [6.07, 6.45) is -0.486. The number of carbonyl (C=O) groups is 1. The van der Waals surface area contributed by atoms with Crippen LogP contribution in [-0.4, -0.2) is 49.1 Å². The molecule has 1 aliphatic carbocycles. The minimum Gasteiger partial charge on any atom is -0.406 e. The van der Waals surface area contributed by atoms with Crippen molar-refractivity contribution in [1.29, 1.82) is 0 Å². The molecule has 1 aromatic heterocycles. The number of para-hydroxylation sites is 1. The average molecular weight is 637 g/mol. The van der Waals surface area contributed by atoms with E-state index in [1.165, 1.54) is 47.0 Å². The minimum absolute atomic E-state index is 0.00254. The molecule has 4 aromatic rings. The number of nitrogens with one attached hydrogen (secondary N) is 1. The number of hydrogen-bond acceptors (Lipinski definition) is 6. The van der Waals surface area contributed by atoms with Gasteiger partial charge in [-0.2, -0.15) is 4.99 Å². The summed E-state index contributed by atoms with van der Waals surface area (Å²) in [7, 11) is 0. The van der Waals surface area contributed by atoms with E-state index in [1.807, 2.05) is 48.5 Å². The van der Waals surface area contributed by atoms with E-state index in [0.29, 0.717) is 27.5 Å². The molecular weight excluding hydrogens is 610 g/mol. The number of aryl methyl sites for hydroxylation is 1. The number of amidine groups is 1. The molecule has 2 unspecified atom stereocenters. The fraction of sp³-hybridized carbons (Fsp3) is 0.258. The summed E-state index contributed by atoms with van der Waals surface area (Å²) in [6.45, 7) is 2.11. The van der Waals surface area contributed by atoms with E-state index in [2.05, 4.69) is 32.1 Å². The van der Waals surface area contributed by atoms with Crippen LogP contribution < -0.4 is 15.0 Å². The van der Waals surface area contributed by atoms with Crippen LogP contribution in [0.4, 0.5) is 18.9 Å². The normalized spacial score (nSPS) is 19.0. The van der Waals surface area contributed by atoms with Crippen LogP contribution in [0.5, 0.6) is 5.75 Å². The molecule has 1 saturated carbocycles. The first kappa shape index (κ1) is 29.8. The van der Waals surface area contributed by atoms with Gasteiger partial charge in [-0.3, -0.25) is 9.69 Å². The number of thiocarbonyl (C=S) groups is 1. The highest BCUT2D eigenvalue weighted by atomic mass is 32.2. The molecule has 8 nitrogen and oxygen atoms in total. The molecule has 3 aromatic carbocycles. The maximum absolute atomic E-state index is 12.8. The summed E-state index contributed by atoms with van der Waals surface area (Å²) in [5, 5.41) is 8.75. The molecule has 1 amide bonds. The first-order valence-electron chi connectivity index (χ1n) is 14.0. The van der Waals surface area contributed by atoms with Crippen molar-refractivity contribution in [2.75, 3.05) is 10.7 Å². The minimum atomic E-state index is -4.75. The van der Waals surface area contributed by atoms with Crippen LogP contribution in [0.25, 0.3) is 17.1 Å². The van der Waals surface area contributed by atoms with Gasteiger partial charge < -0.3 is 10.1 Å². The number of aliphatic imine (C=N–C) groups is 1. The molecule has 6 rings (SSSR count). The number of amides is 1. The van der Waals surface area contributed by atoms with Crippen molar-refractivity contribution in [1.82, 2.24) is 20.1 Å². The van der Waals surface area contributed by atoms with E-state index in [0.717, 1.165) is 41.6 Å². The number of anilines is 1. The zero-order chi connectivity index (χ0) is 30.8. The van der Waals surface area contributed by atoms with Crippen LogP contribution in [-0.2, 0) is 11.2 Å². The number of rotatable bonds is 8. The monoisotopic (exact) mass is 636 g/mol. The van der Waals surface area contributed by atoms with Gasteiger partial charge in [0.1, 0.15) is 12.1 Å². The zero-order valence-corrected chi connectivity index (χ0v) is 25.1. The van der Waals surface area contributed by atoms with Crippen LogP contribution >= 0.6 is 24.0 Å². The van der Waals surface area contributed by atoms with Gasteiger partial charge >= 0.3 is 6.36 Å². The van der Waals surface area contributed by atoms with Crippen LogP contribution in [0.1, 0.15) is 36.8 Å². The number of halogens is 3. The maximum Gasteiger partial charge on any atom is 0.573 e. The second-order valence-electron chi connectivity index (χ2n) is 10.4. The Bertz CT molecular complexity index is 1710. The summed E-state index contributed by atoms with van der Waals surface area (Å²) in [5.41, 5.74) is 4.47. The molecule has 2 fully saturated rings. The second-order valence-corrected chi connectivity index (χ2v) is 11.7. The molecule has 44 heavy (non-hydrogen) atoms. The lowest BCUT2D eigenvalue weighted by Crippen LogP contribution is -2.32. The Kier molecular flexibility index (Phi) is 8.41. The third-order valence-corrected chi connectivity index (χ3v) is 8.37. The number of benzene rings is 3. The molecule has 1 saturated heterocycles. The van der Waals surface area contributed by atoms with Gasteiger partial charge in [-0.15, -0.1) is 18.3 Å². The number of nitrogens with zero attached hydrogens (tertiary/aromatic N) is 5. The van der Waals surface area contributed by atoms with E-state index >= 15 is 0 Å². The zero-order valence-electron chi connectivity index (χ0n) is 23.5. The molecule has 2 heterocycles. The highest BCUT2D eigenvalue weighted by molar-refractivity contribution is 8.15. The van der Waals surface area contributed by atoms with Crippen molar-refractivity contribution in [3.8, 4) is 22.8 Å². The van der Waals surface area contributed by atoms with Crippen LogP contribution in [0.2, 0.25) is 0 Å². The van der Waals surface area contributed by atoms with E-state index in [1.54, 1.807) is 4.90 Å². The van der Waals surface area contributed by atoms with Crippen molar-refractivity contribution in [2.24, 2.45) is 4.99 Å². The first-order chi connectivity index (χ1) is 21.2. The summed E-state index contributed by atoms with van der Waals surface area (Å²) in [4.78, 5) is 23.4. The number of ether oxygens (including phenoxy) is 1. The molecule has 1 N–H and O–H groups in total. The van der Waals surface area contributed by atoms with E-state index in [9.17, 15) is 18.0 Å². The fourth-order valence-corrected chi connectivity index (χ4v) is 6.25. The van der Waals surface area contributed by atoms with Crippen molar-refractivity contribution in [2.45, 2.75) is 44.5 Å². The number of carbonyl (C=O) groups excluding carboxylic acids is 1. The van der Waals surface area contributed by atoms with E-state index < -0.39 is 6.36 Å². The molecule has 1 aliphatic heterocycles. The summed E-state index contributed by atoms with van der Waals surface area (Å²) < 4.78 is 42.7. The van der Waals surface area contributed by atoms with Gasteiger partial charge in [0, 0.05) is 17.5 Å². The molecule has 2 atom stereocenters. The highest BCUT2D eigenvalue weighted by Gasteiger charge is 2.39. The van der Waals surface area contributed by atoms with Crippen molar-refractivity contribution >= 4 is 45.9 Å². The largest absolute Gasteiger partial charge is 0.573 e. The van der Waals surface area contributed by atoms with Crippen LogP contribution in [0.3, 0.4) is 0 Å². The van der Waals surface area contributed by atoms with Gasteiger partial charge in [-0.1, -0.05) is 67.6 Å². The highest BCUT2D eigenvalue weighted by Crippen LogP contribution is 2.41. The SMILES string of the molecule is CCCc1ccccc1N1C(=O)CS/C1=N\C(=S)NC1CC1c1ccc(-c2ncn(-c3ccc(OC(F)(F)F)cc3)n2)cc1. The molecular formula is C31H27F3N6O2S2. The Labute approximate surface area is 261 Å². The first-order valence-corrected chi connectivity index (χ1v) is 15.4. The lowest BCUT2D eigenvalue weighted by Gasteiger charge is -2.20. The molecule has 0 spiro atoms. The maximum atomic E-state index is 12.8. The molecule has 0 bridgehead atoms. The standard InChI is InChI=1S/C31H27F3N6O2S2/c1-2-5-20-6-3-4-7-26(20)40-27(41)17-44-30(40)37-29(43)36-25-16-24(25)19-8-10-21(11-9-19)28-35-18-39(38-28)22-12-14-23(15-13-22)42-31(32,33)34/h3-4,6-15,18,24-25H,2,5,16-17H2,1H3,(H,36,43)/b37-30-. The predicted molar refractivity (Wildman–Crippen MR) is 168 cm³/mol. The Hall–Kier alpha value is -4.23. The van der Waals surface area contributed by atoms with E-state index in [4.69, 9.17) is 12.2 Å². The number of aromatic nitrogens is 3. The van der Waals surface area contributed by atoms with Gasteiger partial charge in [0.05, 0.1) is 17.1 Å². The molecule has 0 radical (unpaired) electrons. The van der Waals surface area contributed by atoms with Crippen LogP contribution in [0, 0.1) is 0 Å². The Morgan fingerprint density at radius 1 is 1.11 bits per heavy atom. The van der Waals surface area contributed by atoms with Crippen molar-refractivity contribution in [3.63, 3.8) is 0 Å². The Balaban J connectivity index is 1.07. The van der Waals surface area contributed by atoms with Crippen molar-refractivity contribution < 1.29 is 22.7 Å². The molecule has 13 heteroatoms. The summed E-state index contributed by atoms with van der Waals surface area (Å²) in [6, 6.07) is 21.4. The van der Waals surface area contributed by atoms with Crippen molar-refractivity contribution in [3.05, 3.63) is 90.3 Å². The van der Waals surface area contributed by atoms with Crippen LogP contribution in [0.15, 0.2) is 84.1 Å². The van der Waals surface area contributed by atoms with Gasteiger partial charge in [-0.05, 0) is 66.5 Å². The third kappa shape index (κ3) is 6.78. The summed E-state index contributed by atoms with van der Waals surface area (Å²) >= 11 is 6.96. The van der Waals surface area contributed by atoms with Gasteiger partial charge in [0.25, 0.3) is 0 Å². The number of hydrogen-bond donors (Lipinski definition) is 1. The predicted octanol–water partition coefficient (Wildman–Crippen LogP) is 6.65. The number of alkyl halides is 3. The smallest absolute Gasteiger partial charge is 0.406 e. The third-order valence-electron chi connectivity index (χ3n) is 7.24. The lowest BCUT2D eigenvalue weighted by molar-refractivity contribution is -0.274. The Morgan fingerprint density at radius 3 is 2.59 bits per heavy atom. The molecule has 2 aliphatic rings. The summed E-state index contributed by atoms with van der Waals surface area (Å²) in [5.74, 6) is 0.780. The van der Waals surface area contributed by atoms with Gasteiger partial charge in [0.2, 0.25) is 5.91 Å². The van der Waals surface area contributed by atoms with Gasteiger partial charge in [0.15, 0.2) is 16.1 Å². The molecule has 226 valence electrons. The van der Waals surface area contributed by atoms with Gasteiger partial charge in [-0.25, -0.2) is 9.67 Å². The average Bonchev–Trinajstić information content (AvgIpc) is 3.40. The quantitative estimate of drug-likeness (QED) is 0.217. The Morgan fingerprint density at radius 2 is 1.86 bits per heavy atom. The number of thioether (sulfide) groups is 1.